The second-order valence-corrected chi connectivity index (χ2v) is 4.76. The third-order valence-corrected chi connectivity index (χ3v) is 2.99. The molecule has 2 N–H and O–H groups in total. The molecule has 0 bridgehead atoms. The van der Waals surface area contributed by atoms with E-state index in [0.717, 1.165) is 10.9 Å². The normalized spacial score (nSPS) is 12.0. The average Bonchev–Trinajstić information content (AvgIpc) is 2.45. The quantitative estimate of drug-likeness (QED) is 0.884. The number of carbonyl (C=O) groups excluding carboxylic acids is 1. The van der Waals surface area contributed by atoms with Gasteiger partial charge in [-0.15, -0.1) is 0 Å². The Morgan fingerprint density at radius 3 is 2.60 bits per heavy atom. The van der Waals surface area contributed by atoms with Crippen LogP contribution in [0.1, 0.15) is 6.92 Å². The molecule has 6 heteroatoms. The van der Waals surface area contributed by atoms with Gasteiger partial charge in [-0.1, -0.05) is 12.1 Å². The molecule has 0 aliphatic heterocycles. The van der Waals surface area contributed by atoms with E-state index in [4.69, 9.17) is 0 Å². The monoisotopic (exact) mass is 273 g/mol. The maximum atomic E-state index is 11.9. The van der Waals surface area contributed by atoms with Crippen LogP contribution in [-0.2, 0) is 4.79 Å². The highest BCUT2D eigenvalue weighted by Gasteiger charge is 2.17. The molecule has 2 rings (SSSR count). The number of nitrogens with zero attached hydrogens (tertiary/aromatic N) is 3. The second kappa shape index (κ2) is 5.73. The molecule has 0 saturated carbocycles. The number of rotatable bonds is 4. The molecule has 1 aromatic carbocycles. The van der Waals surface area contributed by atoms with Gasteiger partial charge in [-0.25, -0.2) is 4.98 Å². The molecular formula is C14H19N5O. The predicted octanol–water partition coefficient (Wildman–Crippen LogP) is 1.56. The molecule has 1 amide bonds. The van der Waals surface area contributed by atoms with Gasteiger partial charge >= 0.3 is 0 Å². The SMILES string of the molecule is CNc1nc(NC(C)C(=O)N(C)C)c2ccccc2n1. The van der Waals surface area contributed by atoms with Crippen LogP contribution in [0.25, 0.3) is 10.9 Å². The zero-order valence-corrected chi connectivity index (χ0v) is 12.1. The molecule has 1 heterocycles. The Morgan fingerprint density at radius 2 is 1.95 bits per heavy atom. The van der Waals surface area contributed by atoms with Crippen LogP contribution in [0.3, 0.4) is 0 Å². The number of hydrogen-bond donors (Lipinski definition) is 2. The molecule has 0 radical (unpaired) electrons. The van der Waals surface area contributed by atoms with Crippen molar-refractivity contribution in [3.63, 3.8) is 0 Å². The summed E-state index contributed by atoms with van der Waals surface area (Å²) < 4.78 is 0. The van der Waals surface area contributed by atoms with Gasteiger partial charge in [0, 0.05) is 26.5 Å². The molecule has 0 aliphatic carbocycles. The number of amides is 1. The van der Waals surface area contributed by atoms with Gasteiger partial charge in [0.15, 0.2) is 0 Å². The smallest absolute Gasteiger partial charge is 0.244 e. The fourth-order valence-electron chi connectivity index (χ4n) is 1.95. The fourth-order valence-corrected chi connectivity index (χ4v) is 1.95. The lowest BCUT2D eigenvalue weighted by Crippen LogP contribution is -2.36. The Kier molecular flexibility index (Phi) is 4.02. The van der Waals surface area contributed by atoms with Gasteiger partial charge in [-0.2, -0.15) is 4.98 Å². The zero-order chi connectivity index (χ0) is 14.7. The number of anilines is 2. The summed E-state index contributed by atoms with van der Waals surface area (Å²) in [4.78, 5) is 22.3. The summed E-state index contributed by atoms with van der Waals surface area (Å²) in [6.45, 7) is 1.82. The van der Waals surface area contributed by atoms with Gasteiger partial charge in [-0.05, 0) is 19.1 Å². The van der Waals surface area contributed by atoms with E-state index >= 15 is 0 Å². The van der Waals surface area contributed by atoms with Gasteiger partial charge in [-0.3, -0.25) is 4.79 Å². The Morgan fingerprint density at radius 1 is 1.25 bits per heavy atom. The largest absolute Gasteiger partial charge is 0.358 e. The molecule has 0 aliphatic rings. The first-order valence-corrected chi connectivity index (χ1v) is 6.45. The predicted molar refractivity (Wildman–Crippen MR) is 80.9 cm³/mol. The molecule has 106 valence electrons. The highest BCUT2D eigenvalue weighted by molar-refractivity contribution is 5.92. The van der Waals surface area contributed by atoms with Crippen LogP contribution in [0, 0.1) is 0 Å². The van der Waals surface area contributed by atoms with Gasteiger partial charge in [0.05, 0.1) is 5.52 Å². The Bertz CT molecular complexity index is 626. The fraction of sp³-hybridized carbons (Fsp3) is 0.357. The molecular weight excluding hydrogens is 254 g/mol. The Labute approximate surface area is 118 Å². The third kappa shape index (κ3) is 2.79. The number of aromatic nitrogens is 2. The second-order valence-electron chi connectivity index (χ2n) is 4.76. The van der Waals surface area contributed by atoms with Crippen molar-refractivity contribution in [2.45, 2.75) is 13.0 Å². The summed E-state index contributed by atoms with van der Waals surface area (Å²) in [5.74, 6) is 1.18. The average molecular weight is 273 g/mol. The lowest BCUT2D eigenvalue weighted by atomic mass is 10.2. The maximum absolute atomic E-state index is 11.9. The standard InChI is InChI=1S/C14H19N5O/c1-9(13(20)19(3)4)16-12-10-7-5-6-8-11(10)17-14(15-2)18-12/h5-9H,1-4H3,(H2,15,16,17,18). The number of benzene rings is 1. The Balaban J connectivity index is 2.40. The highest BCUT2D eigenvalue weighted by Crippen LogP contribution is 2.22. The number of nitrogens with one attached hydrogen (secondary N) is 2. The van der Waals surface area contributed by atoms with Crippen LogP contribution in [0.15, 0.2) is 24.3 Å². The van der Waals surface area contributed by atoms with E-state index in [1.807, 2.05) is 31.2 Å². The van der Waals surface area contributed by atoms with Crippen molar-refractivity contribution < 1.29 is 4.79 Å². The van der Waals surface area contributed by atoms with Crippen molar-refractivity contribution in [2.24, 2.45) is 0 Å². The van der Waals surface area contributed by atoms with E-state index in [9.17, 15) is 4.79 Å². The number of likely N-dealkylation sites (N-methyl/N-ethyl adjacent to an activating group) is 1. The van der Waals surface area contributed by atoms with Crippen molar-refractivity contribution in [1.29, 1.82) is 0 Å². The first kappa shape index (κ1) is 14.0. The van der Waals surface area contributed by atoms with Crippen LogP contribution in [0.5, 0.6) is 0 Å². The van der Waals surface area contributed by atoms with E-state index < -0.39 is 0 Å². The van der Waals surface area contributed by atoms with Crippen molar-refractivity contribution in [1.82, 2.24) is 14.9 Å². The minimum atomic E-state index is -0.354. The molecule has 0 spiro atoms. The van der Waals surface area contributed by atoms with Crippen LogP contribution in [0.2, 0.25) is 0 Å². The molecule has 1 unspecified atom stereocenters. The van der Waals surface area contributed by atoms with E-state index in [0.29, 0.717) is 11.8 Å². The molecule has 20 heavy (non-hydrogen) atoms. The molecule has 1 aromatic heterocycles. The summed E-state index contributed by atoms with van der Waals surface area (Å²) in [5.41, 5.74) is 0.832. The lowest BCUT2D eigenvalue weighted by Gasteiger charge is -2.19. The minimum Gasteiger partial charge on any atom is -0.358 e. The zero-order valence-electron chi connectivity index (χ0n) is 12.1. The Hall–Kier alpha value is -2.37. The van der Waals surface area contributed by atoms with Crippen LogP contribution in [0.4, 0.5) is 11.8 Å². The maximum Gasteiger partial charge on any atom is 0.244 e. The summed E-state index contributed by atoms with van der Waals surface area (Å²) in [5, 5.41) is 6.98. The van der Waals surface area contributed by atoms with Crippen molar-refractivity contribution >= 4 is 28.6 Å². The van der Waals surface area contributed by atoms with Crippen LogP contribution >= 0.6 is 0 Å². The third-order valence-electron chi connectivity index (χ3n) is 2.99. The van der Waals surface area contributed by atoms with E-state index in [1.54, 1.807) is 26.0 Å². The number of fused-ring (bicyclic) bond motifs is 1. The van der Waals surface area contributed by atoms with Gasteiger partial charge in [0.25, 0.3) is 0 Å². The van der Waals surface area contributed by atoms with Gasteiger partial charge in [0.1, 0.15) is 11.9 Å². The first-order chi connectivity index (χ1) is 9.52. The van der Waals surface area contributed by atoms with Crippen molar-refractivity contribution in [2.75, 3.05) is 31.8 Å². The molecule has 0 saturated heterocycles. The number of para-hydroxylation sites is 1. The van der Waals surface area contributed by atoms with Crippen LogP contribution in [-0.4, -0.2) is 48.0 Å². The summed E-state index contributed by atoms with van der Waals surface area (Å²) in [6.07, 6.45) is 0. The minimum absolute atomic E-state index is 0.00120. The van der Waals surface area contributed by atoms with Gasteiger partial charge < -0.3 is 15.5 Å². The topological polar surface area (TPSA) is 70.2 Å². The molecule has 6 nitrogen and oxygen atoms in total. The van der Waals surface area contributed by atoms with E-state index in [-0.39, 0.29) is 11.9 Å². The first-order valence-electron chi connectivity index (χ1n) is 6.45. The molecule has 2 aromatic rings. The van der Waals surface area contributed by atoms with Crippen LogP contribution < -0.4 is 10.6 Å². The van der Waals surface area contributed by atoms with Crippen molar-refractivity contribution in [3.8, 4) is 0 Å². The summed E-state index contributed by atoms with van der Waals surface area (Å²) >= 11 is 0. The molecule has 0 fully saturated rings. The number of carbonyl (C=O) groups is 1. The lowest BCUT2D eigenvalue weighted by molar-refractivity contribution is -0.129. The van der Waals surface area contributed by atoms with Gasteiger partial charge in [0.2, 0.25) is 11.9 Å². The summed E-state index contributed by atoms with van der Waals surface area (Å²) in [6, 6.07) is 7.35. The highest BCUT2D eigenvalue weighted by atomic mass is 16.2. The van der Waals surface area contributed by atoms with E-state index in [1.165, 1.54) is 0 Å². The summed E-state index contributed by atoms with van der Waals surface area (Å²) in [7, 11) is 5.23. The van der Waals surface area contributed by atoms with Crippen molar-refractivity contribution in [3.05, 3.63) is 24.3 Å². The van der Waals surface area contributed by atoms with E-state index in [2.05, 4.69) is 20.6 Å². The molecule has 1 atom stereocenters. The number of hydrogen-bond acceptors (Lipinski definition) is 5.